The molecule has 1 aliphatic carbocycles. The predicted molar refractivity (Wildman–Crippen MR) is 104 cm³/mol. The maximum Gasteiger partial charge on any atom is 0.173 e. The van der Waals surface area contributed by atoms with Crippen LogP contribution in [0, 0.1) is 5.92 Å². The first-order valence-corrected chi connectivity index (χ1v) is 10.4. The largest absolute Gasteiger partial charge is 0.503 e. The van der Waals surface area contributed by atoms with Crippen LogP contribution in [0.2, 0.25) is 0 Å². The van der Waals surface area contributed by atoms with Gasteiger partial charge in [0.15, 0.2) is 11.5 Å². The van der Waals surface area contributed by atoms with Gasteiger partial charge in [0.05, 0.1) is 11.6 Å². The van der Waals surface area contributed by atoms with Gasteiger partial charge in [0.2, 0.25) is 0 Å². The maximum absolute atomic E-state index is 10.3. The summed E-state index contributed by atoms with van der Waals surface area (Å²) in [5.41, 5.74) is 1.23. The molecule has 1 aliphatic heterocycles. The number of hydrogen-bond acceptors (Lipinski definition) is 4. The van der Waals surface area contributed by atoms with E-state index in [1.54, 1.807) is 7.11 Å². The summed E-state index contributed by atoms with van der Waals surface area (Å²) in [4.78, 5) is 2.61. The summed E-state index contributed by atoms with van der Waals surface area (Å²) < 4.78 is 7.06. The van der Waals surface area contributed by atoms with Crippen molar-refractivity contribution in [3.8, 4) is 11.5 Å². The summed E-state index contributed by atoms with van der Waals surface area (Å²) in [6.07, 6.45) is 6.56. The number of hydrogen-bond donors (Lipinski definition) is 2. The zero-order valence-electron chi connectivity index (χ0n) is 14.2. The standard InChI is InChI=1S/C18H26Br2N2O2/c1-24-14-11-13(15(19)16(20)18(14)23)17(12-5-3-2-4-6-12)22-9-7-21-8-10-22/h11-12,17,21,23H,2-10H2,1H3/t17-/m0/s1. The van der Waals surface area contributed by atoms with Crippen LogP contribution in [0.4, 0.5) is 0 Å². The number of nitrogens with zero attached hydrogens (tertiary/aromatic N) is 1. The number of nitrogens with one attached hydrogen (secondary N) is 1. The number of rotatable bonds is 4. The van der Waals surface area contributed by atoms with Crippen molar-refractivity contribution in [3.63, 3.8) is 0 Å². The van der Waals surface area contributed by atoms with Gasteiger partial charge in [-0.05, 0) is 62.2 Å². The van der Waals surface area contributed by atoms with Gasteiger partial charge in [-0.3, -0.25) is 4.90 Å². The van der Waals surface area contributed by atoms with Crippen molar-refractivity contribution in [2.45, 2.75) is 38.1 Å². The third-order valence-electron chi connectivity index (χ3n) is 5.35. The fourth-order valence-corrected chi connectivity index (χ4v) is 5.10. The zero-order valence-corrected chi connectivity index (χ0v) is 17.3. The lowest BCUT2D eigenvalue weighted by Gasteiger charge is -2.41. The first-order valence-electron chi connectivity index (χ1n) is 8.83. The highest BCUT2D eigenvalue weighted by Crippen LogP contribution is 2.48. The second-order valence-corrected chi connectivity index (χ2v) is 8.36. The predicted octanol–water partition coefficient (Wildman–Crippen LogP) is 4.45. The Bertz CT molecular complexity index is 553. The van der Waals surface area contributed by atoms with Crippen LogP contribution in [0.1, 0.15) is 43.7 Å². The van der Waals surface area contributed by atoms with Crippen LogP contribution >= 0.6 is 31.9 Å². The van der Waals surface area contributed by atoms with E-state index in [4.69, 9.17) is 4.74 Å². The molecular formula is C18H26Br2N2O2. The summed E-state index contributed by atoms with van der Waals surface area (Å²) in [5, 5.41) is 13.7. The van der Waals surface area contributed by atoms with Crippen molar-refractivity contribution in [2.75, 3.05) is 33.3 Å². The van der Waals surface area contributed by atoms with E-state index < -0.39 is 0 Å². The van der Waals surface area contributed by atoms with Crippen molar-refractivity contribution in [1.29, 1.82) is 0 Å². The molecule has 1 atom stereocenters. The summed E-state index contributed by atoms with van der Waals surface area (Å²) in [5.74, 6) is 1.36. The molecular weight excluding hydrogens is 436 g/mol. The number of piperazine rings is 1. The van der Waals surface area contributed by atoms with Gasteiger partial charge in [0.25, 0.3) is 0 Å². The average molecular weight is 462 g/mol. The molecule has 0 bridgehead atoms. The number of phenolic OH excluding ortho intramolecular Hbond substituents is 1. The Morgan fingerprint density at radius 3 is 2.46 bits per heavy atom. The highest BCUT2D eigenvalue weighted by atomic mass is 79.9. The second kappa shape index (κ2) is 8.39. The van der Waals surface area contributed by atoms with Crippen molar-refractivity contribution >= 4 is 31.9 Å². The number of phenols is 1. The van der Waals surface area contributed by atoms with Crippen molar-refractivity contribution in [3.05, 3.63) is 20.6 Å². The first-order chi connectivity index (χ1) is 11.6. The topological polar surface area (TPSA) is 44.7 Å². The number of halogens is 2. The molecule has 1 heterocycles. The molecule has 4 nitrogen and oxygen atoms in total. The molecule has 3 rings (SSSR count). The molecule has 2 aliphatic rings. The van der Waals surface area contributed by atoms with Crippen LogP contribution in [-0.2, 0) is 0 Å². The molecule has 134 valence electrons. The van der Waals surface area contributed by atoms with Gasteiger partial charge >= 0.3 is 0 Å². The average Bonchev–Trinajstić information content (AvgIpc) is 2.64. The monoisotopic (exact) mass is 460 g/mol. The van der Waals surface area contributed by atoms with E-state index >= 15 is 0 Å². The van der Waals surface area contributed by atoms with Crippen LogP contribution < -0.4 is 10.1 Å². The van der Waals surface area contributed by atoms with E-state index in [9.17, 15) is 5.11 Å². The molecule has 0 radical (unpaired) electrons. The number of benzene rings is 1. The van der Waals surface area contributed by atoms with Gasteiger partial charge in [-0.15, -0.1) is 0 Å². The maximum atomic E-state index is 10.3. The molecule has 24 heavy (non-hydrogen) atoms. The minimum Gasteiger partial charge on any atom is -0.503 e. The Morgan fingerprint density at radius 2 is 1.83 bits per heavy atom. The van der Waals surface area contributed by atoms with Crippen LogP contribution in [0.15, 0.2) is 15.0 Å². The molecule has 1 saturated heterocycles. The van der Waals surface area contributed by atoms with E-state index in [2.05, 4.69) is 42.1 Å². The molecule has 2 N–H and O–H groups in total. The SMILES string of the molecule is COc1cc([C@H](C2CCCCC2)N2CCNCC2)c(Br)c(Br)c1O. The molecule has 1 aromatic carbocycles. The number of ether oxygens (including phenoxy) is 1. The Balaban J connectivity index is 2.02. The van der Waals surface area contributed by atoms with Gasteiger partial charge < -0.3 is 15.2 Å². The quantitative estimate of drug-likeness (QED) is 0.695. The molecule has 1 aromatic rings. The fourth-order valence-electron chi connectivity index (χ4n) is 4.14. The van der Waals surface area contributed by atoms with E-state index in [1.165, 1.54) is 37.7 Å². The fraction of sp³-hybridized carbons (Fsp3) is 0.667. The van der Waals surface area contributed by atoms with E-state index in [-0.39, 0.29) is 5.75 Å². The van der Waals surface area contributed by atoms with Crippen molar-refractivity contribution < 1.29 is 9.84 Å². The number of aromatic hydroxyl groups is 1. The number of methoxy groups -OCH3 is 1. The summed E-state index contributed by atoms with van der Waals surface area (Å²) in [7, 11) is 1.61. The Labute approximate surface area is 161 Å². The minimum atomic E-state index is 0.163. The lowest BCUT2D eigenvalue weighted by molar-refractivity contribution is 0.102. The lowest BCUT2D eigenvalue weighted by Crippen LogP contribution is -2.47. The lowest BCUT2D eigenvalue weighted by atomic mass is 9.80. The van der Waals surface area contributed by atoms with Gasteiger partial charge in [-0.25, -0.2) is 0 Å². The second-order valence-electron chi connectivity index (χ2n) is 6.77. The molecule has 0 spiro atoms. The van der Waals surface area contributed by atoms with Crippen molar-refractivity contribution in [1.82, 2.24) is 10.2 Å². The van der Waals surface area contributed by atoms with E-state index in [1.807, 2.05) is 6.07 Å². The molecule has 1 saturated carbocycles. The third kappa shape index (κ3) is 3.76. The van der Waals surface area contributed by atoms with Crippen LogP contribution in [0.3, 0.4) is 0 Å². The van der Waals surface area contributed by atoms with Crippen LogP contribution in [-0.4, -0.2) is 43.3 Å². The Hall–Kier alpha value is -0.300. The van der Waals surface area contributed by atoms with Gasteiger partial charge in [0.1, 0.15) is 0 Å². The Morgan fingerprint density at radius 1 is 1.17 bits per heavy atom. The van der Waals surface area contributed by atoms with Gasteiger partial charge in [-0.1, -0.05) is 19.3 Å². The summed E-state index contributed by atoms with van der Waals surface area (Å²) in [6.45, 7) is 4.21. The minimum absolute atomic E-state index is 0.163. The normalized spacial score (nSPS) is 21.6. The van der Waals surface area contributed by atoms with Crippen LogP contribution in [0.5, 0.6) is 11.5 Å². The highest BCUT2D eigenvalue weighted by Gasteiger charge is 2.33. The summed E-state index contributed by atoms with van der Waals surface area (Å²) in [6, 6.07) is 2.39. The molecule has 0 unspecified atom stereocenters. The molecule has 6 heteroatoms. The highest BCUT2D eigenvalue weighted by molar-refractivity contribution is 9.13. The molecule has 2 fully saturated rings. The zero-order chi connectivity index (χ0) is 17.1. The van der Waals surface area contributed by atoms with E-state index in [0.717, 1.165) is 30.7 Å². The Kier molecular flexibility index (Phi) is 6.46. The molecule has 0 aromatic heterocycles. The summed E-state index contributed by atoms with van der Waals surface area (Å²) >= 11 is 7.25. The van der Waals surface area contributed by atoms with Gasteiger partial charge in [-0.2, -0.15) is 0 Å². The smallest absolute Gasteiger partial charge is 0.173 e. The van der Waals surface area contributed by atoms with E-state index in [0.29, 0.717) is 22.2 Å². The van der Waals surface area contributed by atoms with Crippen LogP contribution in [0.25, 0.3) is 0 Å². The van der Waals surface area contributed by atoms with Gasteiger partial charge in [0, 0.05) is 36.7 Å². The molecule has 0 amide bonds. The van der Waals surface area contributed by atoms with Crippen molar-refractivity contribution in [2.24, 2.45) is 5.92 Å². The first kappa shape index (κ1) is 18.5. The third-order valence-corrected chi connectivity index (χ3v) is 7.51.